The van der Waals surface area contributed by atoms with Gasteiger partial charge in [0.15, 0.2) is 0 Å². The second-order valence-electron chi connectivity index (χ2n) is 4.79. The third-order valence-electron chi connectivity index (χ3n) is 3.01. The van der Waals surface area contributed by atoms with Gasteiger partial charge in [0, 0.05) is 31.0 Å². The maximum Gasteiger partial charge on any atom is 0.131 e. The van der Waals surface area contributed by atoms with Crippen LogP contribution in [0.3, 0.4) is 0 Å². The van der Waals surface area contributed by atoms with Gasteiger partial charge in [-0.05, 0) is 32.6 Å². The third kappa shape index (κ3) is 3.09. The van der Waals surface area contributed by atoms with Gasteiger partial charge in [0.2, 0.25) is 0 Å². The zero-order valence-electron chi connectivity index (χ0n) is 10.2. The molecule has 2 atom stereocenters. The molecule has 1 aliphatic rings. The smallest absolute Gasteiger partial charge is 0.131 e. The molecule has 1 fully saturated rings. The summed E-state index contributed by atoms with van der Waals surface area (Å²) in [4.78, 5) is 8.33. The summed E-state index contributed by atoms with van der Waals surface area (Å²) < 4.78 is 0. The molecular formula is C12H18ClN3O. The van der Waals surface area contributed by atoms with Crippen molar-refractivity contribution in [3.63, 3.8) is 0 Å². The lowest BCUT2D eigenvalue weighted by atomic mass is 10.2. The Bertz CT molecular complexity index is 386. The SMILES string of the molecule is CN(C)CC1CC(O)CN1c1ccnc(Cl)c1. The van der Waals surface area contributed by atoms with Crippen LogP contribution in [0, 0.1) is 0 Å². The predicted molar refractivity (Wildman–Crippen MR) is 69.6 cm³/mol. The molecule has 2 heterocycles. The Morgan fingerprint density at radius 3 is 3.00 bits per heavy atom. The van der Waals surface area contributed by atoms with Crippen LogP contribution in [0.15, 0.2) is 18.3 Å². The van der Waals surface area contributed by atoms with E-state index in [9.17, 15) is 5.11 Å². The first-order chi connectivity index (χ1) is 8.06. The van der Waals surface area contributed by atoms with Crippen LogP contribution < -0.4 is 4.90 Å². The molecule has 2 rings (SSSR count). The number of rotatable bonds is 3. The summed E-state index contributed by atoms with van der Waals surface area (Å²) in [5.74, 6) is 0. The molecule has 1 aliphatic heterocycles. The van der Waals surface area contributed by atoms with Crippen LogP contribution in [-0.2, 0) is 0 Å². The Hall–Kier alpha value is -0.840. The first-order valence-corrected chi connectivity index (χ1v) is 6.15. The summed E-state index contributed by atoms with van der Waals surface area (Å²) in [5, 5.41) is 10.3. The van der Waals surface area contributed by atoms with Crippen LogP contribution in [0.25, 0.3) is 0 Å². The van der Waals surface area contributed by atoms with Gasteiger partial charge in [0.05, 0.1) is 6.10 Å². The number of aliphatic hydroxyl groups excluding tert-OH is 1. The Labute approximate surface area is 107 Å². The molecular weight excluding hydrogens is 238 g/mol. The zero-order valence-corrected chi connectivity index (χ0v) is 10.9. The summed E-state index contributed by atoms with van der Waals surface area (Å²) >= 11 is 5.90. The Balaban J connectivity index is 2.17. The predicted octanol–water partition coefficient (Wildman–Crippen LogP) is 1.24. The summed E-state index contributed by atoms with van der Waals surface area (Å²) in [6.45, 7) is 1.59. The Morgan fingerprint density at radius 2 is 2.35 bits per heavy atom. The molecule has 0 spiro atoms. The minimum atomic E-state index is -0.258. The van der Waals surface area contributed by atoms with Crippen molar-refractivity contribution in [2.24, 2.45) is 0 Å². The second kappa shape index (κ2) is 5.21. The van der Waals surface area contributed by atoms with E-state index < -0.39 is 0 Å². The van der Waals surface area contributed by atoms with E-state index in [4.69, 9.17) is 11.6 Å². The number of pyridine rings is 1. The molecule has 0 amide bonds. The second-order valence-corrected chi connectivity index (χ2v) is 5.18. The Morgan fingerprint density at radius 1 is 1.59 bits per heavy atom. The largest absolute Gasteiger partial charge is 0.391 e. The van der Waals surface area contributed by atoms with Crippen LogP contribution in [-0.4, -0.2) is 54.3 Å². The zero-order chi connectivity index (χ0) is 12.4. The number of hydrogen-bond acceptors (Lipinski definition) is 4. The van der Waals surface area contributed by atoms with Crippen molar-refractivity contribution in [2.75, 3.05) is 32.1 Å². The number of likely N-dealkylation sites (N-methyl/N-ethyl adjacent to an activating group) is 1. The minimum absolute atomic E-state index is 0.258. The van der Waals surface area contributed by atoms with Crippen molar-refractivity contribution < 1.29 is 5.11 Å². The first kappa shape index (κ1) is 12.6. The van der Waals surface area contributed by atoms with Crippen LogP contribution in [0.5, 0.6) is 0 Å². The molecule has 1 saturated heterocycles. The summed E-state index contributed by atoms with van der Waals surface area (Å²) in [5.41, 5.74) is 1.04. The lowest BCUT2D eigenvalue weighted by molar-refractivity contribution is 0.191. The van der Waals surface area contributed by atoms with Gasteiger partial charge < -0.3 is 14.9 Å². The number of β-amino-alcohol motifs (C(OH)–C–C–N with tert-alkyl or cyclic N) is 1. The van der Waals surface area contributed by atoms with Crippen molar-refractivity contribution in [3.05, 3.63) is 23.5 Å². The van der Waals surface area contributed by atoms with Gasteiger partial charge in [-0.2, -0.15) is 0 Å². The fourth-order valence-corrected chi connectivity index (χ4v) is 2.54. The van der Waals surface area contributed by atoms with Gasteiger partial charge in [-0.25, -0.2) is 4.98 Å². The quantitative estimate of drug-likeness (QED) is 0.825. The highest BCUT2D eigenvalue weighted by Gasteiger charge is 2.31. The molecule has 0 bridgehead atoms. The summed E-state index contributed by atoms with van der Waals surface area (Å²) in [7, 11) is 4.09. The molecule has 1 aromatic heterocycles. The highest BCUT2D eigenvalue weighted by Crippen LogP contribution is 2.27. The highest BCUT2D eigenvalue weighted by molar-refractivity contribution is 6.29. The number of aliphatic hydroxyl groups is 1. The molecule has 4 nitrogen and oxygen atoms in total. The van der Waals surface area contributed by atoms with E-state index >= 15 is 0 Å². The van der Waals surface area contributed by atoms with Crippen LogP contribution >= 0.6 is 11.6 Å². The van der Waals surface area contributed by atoms with Crippen LogP contribution in [0.1, 0.15) is 6.42 Å². The Kier molecular flexibility index (Phi) is 3.86. The van der Waals surface area contributed by atoms with Crippen molar-refractivity contribution in [1.82, 2.24) is 9.88 Å². The minimum Gasteiger partial charge on any atom is -0.391 e. The maximum absolute atomic E-state index is 9.80. The molecule has 17 heavy (non-hydrogen) atoms. The van der Waals surface area contributed by atoms with E-state index in [2.05, 4.69) is 14.8 Å². The van der Waals surface area contributed by atoms with Crippen LogP contribution in [0.4, 0.5) is 5.69 Å². The van der Waals surface area contributed by atoms with Gasteiger partial charge in [-0.1, -0.05) is 11.6 Å². The molecule has 5 heteroatoms. The lowest BCUT2D eigenvalue weighted by Crippen LogP contribution is -2.37. The van der Waals surface area contributed by atoms with Crippen LogP contribution in [0.2, 0.25) is 5.15 Å². The average Bonchev–Trinajstić information content (AvgIpc) is 2.58. The van der Waals surface area contributed by atoms with E-state index in [1.165, 1.54) is 0 Å². The van der Waals surface area contributed by atoms with Gasteiger partial charge in [0.1, 0.15) is 5.15 Å². The fraction of sp³-hybridized carbons (Fsp3) is 0.583. The molecule has 1 N–H and O–H groups in total. The molecule has 0 radical (unpaired) electrons. The fourth-order valence-electron chi connectivity index (χ4n) is 2.37. The van der Waals surface area contributed by atoms with E-state index in [1.54, 1.807) is 6.20 Å². The normalized spacial score (nSPS) is 24.6. The lowest BCUT2D eigenvalue weighted by Gasteiger charge is -2.28. The molecule has 94 valence electrons. The van der Waals surface area contributed by atoms with Gasteiger partial charge in [-0.15, -0.1) is 0 Å². The summed E-state index contributed by atoms with van der Waals surface area (Å²) in [6.07, 6.45) is 2.25. The van der Waals surface area contributed by atoms with Crippen molar-refractivity contribution in [1.29, 1.82) is 0 Å². The number of halogens is 1. The van der Waals surface area contributed by atoms with Gasteiger partial charge >= 0.3 is 0 Å². The number of hydrogen-bond donors (Lipinski definition) is 1. The topological polar surface area (TPSA) is 39.6 Å². The van der Waals surface area contributed by atoms with E-state index in [-0.39, 0.29) is 6.10 Å². The van der Waals surface area contributed by atoms with Gasteiger partial charge in [-0.3, -0.25) is 0 Å². The van der Waals surface area contributed by atoms with E-state index in [1.807, 2.05) is 26.2 Å². The van der Waals surface area contributed by atoms with E-state index in [0.29, 0.717) is 17.7 Å². The van der Waals surface area contributed by atoms with Crippen molar-refractivity contribution >= 4 is 17.3 Å². The average molecular weight is 256 g/mol. The maximum atomic E-state index is 9.80. The first-order valence-electron chi connectivity index (χ1n) is 5.77. The van der Waals surface area contributed by atoms with Crippen molar-refractivity contribution in [3.8, 4) is 0 Å². The van der Waals surface area contributed by atoms with Crippen molar-refractivity contribution in [2.45, 2.75) is 18.6 Å². The van der Waals surface area contributed by atoms with E-state index in [0.717, 1.165) is 18.7 Å². The molecule has 0 aromatic carbocycles. The number of nitrogens with zero attached hydrogens (tertiary/aromatic N) is 3. The number of aromatic nitrogens is 1. The monoisotopic (exact) mass is 255 g/mol. The molecule has 2 unspecified atom stereocenters. The molecule has 1 aromatic rings. The highest BCUT2D eigenvalue weighted by atomic mass is 35.5. The summed E-state index contributed by atoms with van der Waals surface area (Å²) in [6, 6.07) is 4.12. The van der Waals surface area contributed by atoms with Gasteiger partial charge in [0.25, 0.3) is 0 Å². The standard InChI is InChI=1S/C12H18ClN3O/c1-15(2)7-10-5-11(17)8-16(10)9-3-4-14-12(13)6-9/h3-4,6,10-11,17H,5,7-8H2,1-2H3. The molecule has 0 aliphatic carbocycles. The molecule has 0 saturated carbocycles. The number of anilines is 1. The third-order valence-corrected chi connectivity index (χ3v) is 3.22.